The molecule has 0 saturated heterocycles. The van der Waals surface area contributed by atoms with Gasteiger partial charge in [0.15, 0.2) is 5.69 Å². The van der Waals surface area contributed by atoms with Crippen LogP contribution in [0.25, 0.3) is 11.8 Å². The highest BCUT2D eigenvalue weighted by Crippen LogP contribution is 2.30. The molecule has 2 rings (SSSR count). The zero-order valence-corrected chi connectivity index (χ0v) is 10.5. The van der Waals surface area contributed by atoms with E-state index in [4.69, 9.17) is 5.26 Å². The van der Waals surface area contributed by atoms with Crippen LogP contribution in [0.4, 0.5) is 13.2 Å². The summed E-state index contributed by atoms with van der Waals surface area (Å²) in [7, 11) is 0. The van der Waals surface area contributed by atoms with Crippen LogP contribution in [0.3, 0.4) is 0 Å². The van der Waals surface area contributed by atoms with Gasteiger partial charge in [0.2, 0.25) is 0 Å². The summed E-state index contributed by atoms with van der Waals surface area (Å²) in [5.74, 6) is -0.375. The molecular weight excluding hydrogens is 283 g/mol. The molecule has 0 fully saturated rings. The standard InChI is InChI=1S/C14H8F3N3O/c15-14(16,17)10-3-1-2-9(4-10)13(21)5-11-7-20-12(6-18)8-19-11/h1-5,7-8,21H. The van der Waals surface area contributed by atoms with Crippen molar-refractivity contribution in [2.45, 2.75) is 6.18 Å². The molecule has 1 heterocycles. The predicted molar refractivity (Wildman–Crippen MR) is 68.7 cm³/mol. The van der Waals surface area contributed by atoms with Crippen molar-refractivity contribution in [3.8, 4) is 6.07 Å². The molecule has 0 unspecified atom stereocenters. The van der Waals surface area contributed by atoms with E-state index in [-0.39, 0.29) is 22.7 Å². The molecule has 7 heteroatoms. The van der Waals surface area contributed by atoms with Gasteiger partial charge in [0.1, 0.15) is 11.8 Å². The van der Waals surface area contributed by atoms with Crippen molar-refractivity contribution in [3.05, 3.63) is 59.2 Å². The Bertz CT molecular complexity index is 715. The van der Waals surface area contributed by atoms with Crippen molar-refractivity contribution < 1.29 is 18.3 Å². The number of alkyl halides is 3. The molecule has 4 nitrogen and oxygen atoms in total. The molecule has 0 aliphatic rings. The average molecular weight is 291 g/mol. The van der Waals surface area contributed by atoms with E-state index in [0.717, 1.165) is 12.1 Å². The fraction of sp³-hybridized carbons (Fsp3) is 0.0714. The number of nitrogens with zero attached hydrogens (tertiary/aromatic N) is 3. The largest absolute Gasteiger partial charge is 0.507 e. The van der Waals surface area contributed by atoms with Crippen molar-refractivity contribution in [2.75, 3.05) is 0 Å². The lowest BCUT2D eigenvalue weighted by molar-refractivity contribution is -0.137. The van der Waals surface area contributed by atoms with Crippen LogP contribution in [0.2, 0.25) is 0 Å². The van der Waals surface area contributed by atoms with E-state index >= 15 is 0 Å². The van der Waals surface area contributed by atoms with Crippen molar-refractivity contribution in [2.24, 2.45) is 0 Å². The van der Waals surface area contributed by atoms with Crippen LogP contribution < -0.4 is 0 Å². The molecule has 0 aliphatic heterocycles. The molecule has 1 N–H and O–H groups in total. The summed E-state index contributed by atoms with van der Waals surface area (Å²) in [5, 5.41) is 18.4. The van der Waals surface area contributed by atoms with E-state index < -0.39 is 11.7 Å². The quantitative estimate of drug-likeness (QED) is 0.861. The van der Waals surface area contributed by atoms with Gasteiger partial charge in [0, 0.05) is 11.6 Å². The maximum Gasteiger partial charge on any atom is 0.416 e. The first-order valence-electron chi connectivity index (χ1n) is 5.70. The summed E-state index contributed by atoms with van der Waals surface area (Å²) in [5.41, 5.74) is -0.517. The molecule has 0 atom stereocenters. The number of aliphatic hydroxyl groups excluding tert-OH is 1. The van der Waals surface area contributed by atoms with Crippen LogP contribution in [0, 0.1) is 11.3 Å². The van der Waals surface area contributed by atoms with Gasteiger partial charge in [-0.15, -0.1) is 0 Å². The van der Waals surface area contributed by atoms with E-state index in [0.29, 0.717) is 0 Å². The second-order valence-corrected chi connectivity index (χ2v) is 4.05. The summed E-state index contributed by atoms with van der Waals surface area (Å²) in [6, 6.07) is 6.08. The van der Waals surface area contributed by atoms with Crippen LogP contribution in [0.1, 0.15) is 22.5 Å². The zero-order valence-electron chi connectivity index (χ0n) is 10.5. The maximum absolute atomic E-state index is 12.6. The average Bonchev–Trinajstić information content (AvgIpc) is 2.47. The van der Waals surface area contributed by atoms with E-state index in [2.05, 4.69) is 9.97 Å². The third-order valence-electron chi connectivity index (χ3n) is 2.56. The Morgan fingerprint density at radius 1 is 1.24 bits per heavy atom. The van der Waals surface area contributed by atoms with Gasteiger partial charge < -0.3 is 5.11 Å². The van der Waals surface area contributed by atoms with Gasteiger partial charge in [-0.2, -0.15) is 18.4 Å². The first-order chi connectivity index (χ1) is 9.90. The highest BCUT2D eigenvalue weighted by Gasteiger charge is 2.30. The molecule has 1 aromatic heterocycles. The smallest absolute Gasteiger partial charge is 0.416 e. The fourth-order valence-corrected chi connectivity index (χ4v) is 1.55. The molecule has 0 aliphatic carbocycles. The van der Waals surface area contributed by atoms with Gasteiger partial charge in [-0.05, 0) is 12.1 Å². The van der Waals surface area contributed by atoms with Crippen molar-refractivity contribution >= 4 is 11.8 Å². The molecule has 0 radical (unpaired) electrons. The number of nitriles is 1. The minimum absolute atomic E-state index is 0.0102. The minimum atomic E-state index is -4.48. The van der Waals surface area contributed by atoms with Crippen LogP contribution in [0.5, 0.6) is 0 Å². The first-order valence-corrected chi connectivity index (χ1v) is 5.70. The number of aliphatic hydroxyl groups is 1. The Balaban J connectivity index is 2.32. The van der Waals surface area contributed by atoms with Crippen LogP contribution in [-0.4, -0.2) is 15.1 Å². The highest BCUT2D eigenvalue weighted by molar-refractivity contribution is 5.75. The summed E-state index contributed by atoms with van der Waals surface area (Å²) in [6.07, 6.45) is -0.873. The Morgan fingerprint density at radius 2 is 2.00 bits per heavy atom. The van der Waals surface area contributed by atoms with Crippen molar-refractivity contribution in [1.82, 2.24) is 9.97 Å². The molecule has 0 spiro atoms. The topological polar surface area (TPSA) is 69.8 Å². The molecule has 21 heavy (non-hydrogen) atoms. The SMILES string of the molecule is N#Cc1cnc(C=C(O)c2cccc(C(F)(F)F)c2)cn1. The number of rotatable bonds is 2. The number of halogens is 3. The molecule has 106 valence electrons. The van der Waals surface area contributed by atoms with Gasteiger partial charge in [-0.1, -0.05) is 12.1 Å². The molecule has 2 aromatic rings. The number of benzene rings is 1. The third-order valence-corrected chi connectivity index (χ3v) is 2.56. The van der Waals surface area contributed by atoms with E-state index in [1.807, 2.05) is 0 Å². The Hall–Kier alpha value is -2.88. The molecule has 0 bridgehead atoms. The third kappa shape index (κ3) is 3.57. The molecular formula is C14H8F3N3O. The summed E-state index contributed by atoms with van der Waals surface area (Å²) >= 11 is 0. The lowest BCUT2D eigenvalue weighted by atomic mass is 10.1. The van der Waals surface area contributed by atoms with E-state index in [9.17, 15) is 18.3 Å². The normalized spacial score (nSPS) is 12.0. The summed E-state index contributed by atoms with van der Waals surface area (Å²) in [4.78, 5) is 7.58. The van der Waals surface area contributed by atoms with Crippen molar-refractivity contribution in [3.63, 3.8) is 0 Å². The number of hydrogen-bond acceptors (Lipinski definition) is 4. The number of hydrogen-bond donors (Lipinski definition) is 1. The molecule has 0 amide bonds. The maximum atomic E-state index is 12.6. The second-order valence-electron chi connectivity index (χ2n) is 4.05. The number of aromatic nitrogens is 2. The molecule has 1 aromatic carbocycles. The minimum Gasteiger partial charge on any atom is -0.507 e. The van der Waals surface area contributed by atoms with Gasteiger partial charge in [-0.3, -0.25) is 4.98 Å². The fourth-order valence-electron chi connectivity index (χ4n) is 1.55. The van der Waals surface area contributed by atoms with Gasteiger partial charge in [0.05, 0.1) is 23.7 Å². The second kappa shape index (κ2) is 5.63. The predicted octanol–water partition coefficient (Wildman–Crippen LogP) is 3.42. The lowest BCUT2D eigenvalue weighted by Crippen LogP contribution is -2.05. The van der Waals surface area contributed by atoms with Gasteiger partial charge >= 0.3 is 6.18 Å². The van der Waals surface area contributed by atoms with Crippen LogP contribution in [-0.2, 0) is 6.18 Å². The molecule has 0 saturated carbocycles. The zero-order chi connectivity index (χ0) is 15.5. The summed E-state index contributed by atoms with van der Waals surface area (Å²) in [6.45, 7) is 0. The first kappa shape index (κ1) is 14.5. The Kier molecular flexibility index (Phi) is 3.89. The van der Waals surface area contributed by atoms with E-state index in [1.165, 1.54) is 30.6 Å². The highest BCUT2D eigenvalue weighted by atomic mass is 19.4. The van der Waals surface area contributed by atoms with Crippen molar-refractivity contribution in [1.29, 1.82) is 5.26 Å². The Morgan fingerprint density at radius 3 is 2.57 bits per heavy atom. The van der Waals surface area contributed by atoms with E-state index in [1.54, 1.807) is 6.07 Å². The van der Waals surface area contributed by atoms with Crippen LogP contribution in [0.15, 0.2) is 36.7 Å². The Labute approximate surface area is 117 Å². The lowest BCUT2D eigenvalue weighted by Gasteiger charge is -2.08. The van der Waals surface area contributed by atoms with Crippen LogP contribution >= 0.6 is 0 Å². The van der Waals surface area contributed by atoms with Gasteiger partial charge in [-0.25, -0.2) is 4.98 Å². The summed E-state index contributed by atoms with van der Waals surface area (Å²) < 4.78 is 37.8. The van der Waals surface area contributed by atoms with Gasteiger partial charge in [0.25, 0.3) is 0 Å². The monoisotopic (exact) mass is 291 g/mol.